The first-order valence-electron chi connectivity index (χ1n) is 4.85. The van der Waals surface area contributed by atoms with Crippen LogP contribution in [0.3, 0.4) is 0 Å². The number of fused-ring (bicyclic) bond motifs is 1. The molecule has 0 aliphatic carbocycles. The second-order valence-corrected chi connectivity index (χ2v) is 3.30. The molecule has 2 aromatic carbocycles. The van der Waals surface area contributed by atoms with Crippen molar-refractivity contribution in [1.82, 2.24) is 0 Å². The van der Waals surface area contributed by atoms with Crippen molar-refractivity contribution in [2.45, 2.75) is 6.42 Å². The molecule has 2 rings (SSSR count). The summed E-state index contributed by atoms with van der Waals surface area (Å²) in [6, 6.07) is 14.9. The molecule has 0 aromatic heterocycles. The van der Waals surface area contributed by atoms with Crippen molar-refractivity contribution in [2.75, 3.05) is 0 Å². The molecule has 69 valence electrons. The molecule has 0 unspecified atom stereocenters. The third-order valence-corrected chi connectivity index (χ3v) is 2.25. The summed E-state index contributed by atoms with van der Waals surface area (Å²) < 4.78 is 0. The second-order valence-electron chi connectivity index (χ2n) is 3.30. The molecule has 0 N–H and O–H groups in total. The van der Waals surface area contributed by atoms with Crippen molar-refractivity contribution in [2.24, 2.45) is 0 Å². The standard InChI is InChI=1S/C14H13/c1-2-3-6-12-9-10-13-7-4-5-8-14(13)11-12/h3-11H,1-2H2/b6-3+. The lowest BCUT2D eigenvalue weighted by Crippen LogP contribution is -1.74. The first-order valence-corrected chi connectivity index (χ1v) is 4.85. The van der Waals surface area contributed by atoms with Gasteiger partial charge in [-0.05, 0) is 35.7 Å². The number of hydrogen-bond acceptors (Lipinski definition) is 0. The fourth-order valence-corrected chi connectivity index (χ4v) is 1.53. The number of allylic oxidation sites excluding steroid dienone is 1. The summed E-state index contributed by atoms with van der Waals surface area (Å²) in [7, 11) is 0. The van der Waals surface area contributed by atoms with Crippen LogP contribution in [0.1, 0.15) is 12.0 Å². The molecule has 0 heterocycles. The Morgan fingerprint density at radius 1 is 1.00 bits per heavy atom. The number of hydrogen-bond donors (Lipinski definition) is 0. The first kappa shape index (κ1) is 9.01. The zero-order valence-electron chi connectivity index (χ0n) is 8.11. The van der Waals surface area contributed by atoms with Crippen molar-refractivity contribution in [3.63, 3.8) is 0 Å². The Morgan fingerprint density at radius 3 is 2.57 bits per heavy atom. The van der Waals surface area contributed by atoms with Crippen LogP contribution >= 0.6 is 0 Å². The summed E-state index contributed by atoms with van der Waals surface area (Å²) in [6.07, 6.45) is 5.02. The molecule has 0 amide bonds. The van der Waals surface area contributed by atoms with Gasteiger partial charge in [-0.2, -0.15) is 0 Å². The predicted molar refractivity (Wildman–Crippen MR) is 63.0 cm³/mol. The molecule has 1 radical (unpaired) electrons. The Hall–Kier alpha value is -1.56. The lowest BCUT2D eigenvalue weighted by atomic mass is 10.1. The van der Waals surface area contributed by atoms with Crippen molar-refractivity contribution in [3.8, 4) is 0 Å². The highest BCUT2D eigenvalue weighted by Crippen LogP contribution is 2.16. The fraction of sp³-hybridized carbons (Fsp3) is 0.0714. The van der Waals surface area contributed by atoms with Crippen LogP contribution in [0, 0.1) is 6.92 Å². The maximum Gasteiger partial charge on any atom is -0.0178 e. The van der Waals surface area contributed by atoms with Crippen LogP contribution in [0.5, 0.6) is 0 Å². The molecule has 0 aliphatic rings. The van der Waals surface area contributed by atoms with Crippen molar-refractivity contribution in [1.29, 1.82) is 0 Å². The Kier molecular flexibility index (Phi) is 2.64. The predicted octanol–water partition coefficient (Wildman–Crippen LogP) is 4.08. The van der Waals surface area contributed by atoms with Gasteiger partial charge in [-0.1, -0.05) is 48.6 Å². The van der Waals surface area contributed by atoms with E-state index < -0.39 is 0 Å². The van der Waals surface area contributed by atoms with E-state index in [1.54, 1.807) is 0 Å². The van der Waals surface area contributed by atoms with Crippen molar-refractivity contribution < 1.29 is 0 Å². The monoisotopic (exact) mass is 181 g/mol. The third kappa shape index (κ3) is 1.85. The molecule has 0 spiro atoms. The highest BCUT2D eigenvalue weighted by atomic mass is 14.0. The van der Waals surface area contributed by atoms with Crippen molar-refractivity contribution >= 4 is 16.8 Å². The maximum absolute atomic E-state index is 3.78. The normalized spacial score (nSPS) is 11.2. The van der Waals surface area contributed by atoms with Crippen LogP contribution in [0.2, 0.25) is 0 Å². The first-order chi connectivity index (χ1) is 6.90. The molecule has 0 saturated carbocycles. The average molecular weight is 181 g/mol. The molecule has 0 heteroatoms. The minimum absolute atomic E-state index is 0.840. The quantitative estimate of drug-likeness (QED) is 0.655. The molecule has 0 aliphatic heterocycles. The van der Waals surface area contributed by atoms with E-state index >= 15 is 0 Å². The van der Waals surface area contributed by atoms with Gasteiger partial charge < -0.3 is 0 Å². The van der Waals surface area contributed by atoms with E-state index in [0.717, 1.165) is 6.42 Å². The molecule has 0 atom stereocenters. The van der Waals surface area contributed by atoms with E-state index in [1.807, 2.05) is 0 Å². The van der Waals surface area contributed by atoms with Gasteiger partial charge in [-0.25, -0.2) is 0 Å². The smallest absolute Gasteiger partial charge is 0.0178 e. The van der Waals surface area contributed by atoms with Gasteiger partial charge in [0, 0.05) is 0 Å². The number of benzene rings is 2. The van der Waals surface area contributed by atoms with Gasteiger partial charge in [-0.15, -0.1) is 0 Å². The minimum atomic E-state index is 0.840. The molecular weight excluding hydrogens is 168 g/mol. The number of rotatable bonds is 2. The summed E-state index contributed by atoms with van der Waals surface area (Å²) in [5.41, 5.74) is 1.24. The molecule has 2 aromatic rings. The van der Waals surface area contributed by atoms with Gasteiger partial charge in [-0.3, -0.25) is 0 Å². The van der Waals surface area contributed by atoms with E-state index in [1.165, 1.54) is 16.3 Å². The lowest BCUT2D eigenvalue weighted by Gasteiger charge is -1.98. The Balaban J connectivity index is 2.46. The molecule has 0 nitrogen and oxygen atoms in total. The summed E-state index contributed by atoms with van der Waals surface area (Å²) >= 11 is 0. The lowest BCUT2D eigenvalue weighted by molar-refractivity contribution is 1.42. The Labute approximate surface area is 84.9 Å². The summed E-state index contributed by atoms with van der Waals surface area (Å²) in [5, 5.41) is 2.58. The zero-order chi connectivity index (χ0) is 9.80. The molecule has 0 saturated heterocycles. The van der Waals surface area contributed by atoms with E-state index in [-0.39, 0.29) is 0 Å². The molecule has 0 fully saturated rings. The zero-order valence-corrected chi connectivity index (χ0v) is 8.11. The maximum atomic E-state index is 3.78. The SMILES string of the molecule is [CH2]C/C=C/c1ccc2ccccc2c1. The van der Waals surface area contributed by atoms with Gasteiger partial charge in [0.2, 0.25) is 0 Å². The Morgan fingerprint density at radius 2 is 1.79 bits per heavy atom. The summed E-state index contributed by atoms with van der Waals surface area (Å²) in [6.45, 7) is 3.78. The summed E-state index contributed by atoms with van der Waals surface area (Å²) in [5.74, 6) is 0. The van der Waals surface area contributed by atoms with Gasteiger partial charge >= 0.3 is 0 Å². The van der Waals surface area contributed by atoms with Crippen LogP contribution in [0.4, 0.5) is 0 Å². The van der Waals surface area contributed by atoms with Crippen LogP contribution < -0.4 is 0 Å². The average Bonchev–Trinajstić information content (AvgIpc) is 2.26. The third-order valence-electron chi connectivity index (χ3n) is 2.25. The van der Waals surface area contributed by atoms with Crippen LogP contribution in [0.25, 0.3) is 16.8 Å². The van der Waals surface area contributed by atoms with Gasteiger partial charge in [0.05, 0.1) is 0 Å². The fourth-order valence-electron chi connectivity index (χ4n) is 1.53. The van der Waals surface area contributed by atoms with E-state index in [2.05, 4.69) is 61.5 Å². The van der Waals surface area contributed by atoms with E-state index in [4.69, 9.17) is 0 Å². The van der Waals surface area contributed by atoms with E-state index in [0.29, 0.717) is 0 Å². The largest absolute Gasteiger partial charge is 0.0839 e. The Bertz CT molecular complexity index is 452. The second kappa shape index (κ2) is 4.10. The van der Waals surface area contributed by atoms with Crippen LogP contribution in [-0.2, 0) is 0 Å². The van der Waals surface area contributed by atoms with Crippen LogP contribution in [0.15, 0.2) is 48.5 Å². The summed E-state index contributed by atoms with van der Waals surface area (Å²) in [4.78, 5) is 0. The van der Waals surface area contributed by atoms with Gasteiger partial charge in [0.25, 0.3) is 0 Å². The van der Waals surface area contributed by atoms with Gasteiger partial charge in [0.1, 0.15) is 0 Å². The topological polar surface area (TPSA) is 0 Å². The molecule has 0 bridgehead atoms. The van der Waals surface area contributed by atoms with Crippen molar-refractivity contribution in [3.05, 3.63) is 61.0 Å². The highest BCUT2D eigenvalue weighted by Gasteiger charge is 1.91. The van der Waals surface area contributed by atoms with E-state index in [9.17, 15) is 0 Å². The van der Waals surface area contributed by atoms with Gasteiger partial charge in [0.15, 0.2) is 0 Å². The molecule has 14 heavy (non-hydrogen) atoms. The molecular formula is C14H13. The van der Waals surface area contributed by atoms with Crippen LogP contribution in [-0.4, -0.2) is 0 Å². The highest BCUT2D eigenvalue weighted by molar-refractivity contribution is 5.84. The minimum Gasteiger partial charge on any atom is -0.0839 e.